The van der Waals surface area contributed by atoms with Crippen LogP contribution < -0.4 is 0 Å². The van der Waals surface area contributed by atoms with E-state index in [-0.39, 0.29) is 0 Å². The van der Waals surface area contributed by atoms with E-state index in [2.05, 4.69) is 136 Å². The highest BCUT2D eigenvalue weighted by Crippen LogP contribution is 2.43. The highest BCUT2D eigenvalue weighted by Gasteiger charge is 2.20. The number of nitrogens with zero attached hydrogens (tertiary/aromatic N) is 5. The fourth-order valence-electron chi connectivity index (χ4n) is 8.82. The molecule has 0 saturated carbocycles. The van der Waals surface area contributed by atoms with E-state index in [1.54, 1.807) is 0 Å². The third-order valence-corrected chi connectivity index (χ3v) is 11.3. The molecular formula is C51H31N5. The Bertz CT molecular complexity index is 3390. The van der Waals surface area contributed by atoms with Gasteiger partial charge in [0.25, 0.3) is 0 Å². The summed E-state index contributed by atoms with van der Waals surface area (Å²) in [6.45, 7) is 0. The second kappa shape index (κ2) is 11.9. The van der Waals surface area contributed by atoms with Gasteiger partial charge in [-0.15, -0.1) is 0 Å². The third-order valence-electron chi connectivity index (χ3n) is 11.3. The summed E-state index contributed by atoms with van der Waals surface area (Å²) in [4.78, 5) is 14.9. The molecule has 0 fully saturated rings. The minimum absolute atomic E-state index is 0.638. The molecule has 0 unspecified atom stereocenters. The molecule has 4 aromatic heterocycles. The zero-order valence-electron chi connectivity index (χ0n) is 30.1. The first-order valence-corrected chi connectivity index (χ1v) is 19.0. The van der Waals surface area contributed by atoms with Crippen molar-refractivity contribution in [3.63, 3.8) is 0 Å². The van der Waals surface area contributed by atoms with Crippen LogP contribution in [0.1, 0.15) is 0 Å². The first-order valence-electron chi connectivity index (χ1n) is 19.0. The van der Waals surface area contributed by atoms with Crippen LogP contribution in [0, 0.1) is 0 Å². The SMILES string of the molecule is c1ccc(-c2nc(-c3ccccc3)nc(-c3ccc(-n4c5ccccc5c5cccc(-c6ccc7c(c6)c6cccc8c9ccccc9n7c86)c54)cc3)n2)cc1. The highest BCUT2D eigenvalue weighted by atomic mass is 15.0. The Morgan fingerprint density at radius 2 is 0.768 bits per heavy atom. The van der Waals surface area contributed by atoms with Crippen molar-refractivity contribution >= 4 is 59.9 Å². The largest absolute Gasteiger partial charge is 0.309 e. The second-order valence-electron chi connectivity index (χ2n) is 14.4. The lowest BCUT2D eigenvalue weighted by molar-refractivity contribution is 1.07. The van der Waals surface area contributed by atoms with Gasteiger partial charge in [-0.1, -0.05) is 140 Å². The maximum atomic E-state index is 4.98. The Kier molecular flexibility index (Phi) is 6.56. The van der Waals surface area contributed by atoms with E-state index in [4.69, 9.17) is 15.0 Å². The molecule has 0 bridgehead atoms. The van der Waals surface area contributed by atoms with Crippen LogP contribution in [-0.2, 0) is 0 Å². The topological polar surface area (TPSA) is 48.0 Å². The molecule has 0 amide bonds. The Morgan fingerprint density at radius 3 is 1.43 bits per heavy atom. The maximum absolute atomic E-state index is 4.98. The summed E-state index contributed by atoms with van der Waals surface area (Å²) in [6, 6.07) is 66.7. The summed E-state index contributed by atoms with van der Waals surface area (Å²) >= 11 is 0. The number of hydrogen-bond donors (Lipinski definition) is 0. The van der Waals surface area contributed by atoms with Crippen molar-refractivity contribution in [2.75, 3.05) is 0 Å². The Hall–Kier alpha value is -7.63. The Morgan fingerprint density at radius 1 is 0.304 bits per heavy atom. The van der Waals surface area contributed by atoms with Crippen molar-refractivity contribution in [1.29, 1.82) is 0 Å². The van der Waals surface area contributed by atoms with E-state index in [1.165, 1.54) is 65.5 Å². The van der Waals surface area contributed by atoms with Crippen molar-refractivity contribution in [1.82, 2.24) is 23.9 Å². The first kappa shape index (κ1) is 30.8. The Labute approximate surface area is 321 Å². The highest BCUT2D eigenvalue weighted by molar-refractivity contribution is 6.24. The molecule has 260 valence electrons. The van der Waals surface area contributed by atoms with Gasteiger partial charge in [-0.05, 0) is 54.1 Å². The zero-order chi connectivity index (χ0) is 36.7. The predicted molar refractivity (Wildman–Crippen MR) is 231 cm³/mol. The molecule has 0 aliphatic heterocycles. The van der Waals surface area contributed by atoms with Gasteiger partial charge in [-0.25, -0.2) is 15.0 Å². The molecule has 12 rings (SSSR count). The molecule has 0 radical (unpaired) electrons. The number of aromatic nitrogens is 5. The van der Waals surface area contributed by atoms with Crippen LogP contribution in [0.15, 0.2) is 188 Å². The summed E-state index contributed by atoms with van der Waals surface area (Å²) in [6.07, 6.45) is 0. The first-order chi connectivity index (χ1) is 27.8. The van der Waals surface area contributed by atoms with Gasteiger partial charge in [0.1, 0.15) is 0 Å². The molecule has 0 spiro atoms. The summed E-state index contributed by atoms with van der Waals surface area (Å²) in [7, 11) is 0. The molecule has 0 aliphatic carbocycles. The molecule has 4 heterocycles. The van der Waals surface area contributed by atoms with Crippen molar-refractivity contribution in [3.8, 4) is 51.0 Å². The number of fused-ring (bicyclic) bond motifs is 9. The summed E-state index contributed by atoms with van der Waals surface area (Å²) < 4.78 is 4.85. The molecule has 56 heavy (non-hydrogen) atoms. The van der Waals surface area contributed by atoms with Gasteiger partial charge in [-0.3, -0.25) is 0 Å². The van der Waals surface area contributed by atoms with Crippen LogP contribution in [0.25, 0.3) is 111 Å². The van der Waals surface area contributed by atoms with E-state index in [9.17, 15) is 0 Å². The van der Waals surface area contributed by atoms with Crippen LogP contribution in [0.5, 0.6) is 0 Å². The van der Waals surface area contributed by atoms with Crippen LogP contribution in [0.2, 0.25) is 0 Å². The standard InChI is InChI=1S/C51H31N5/c1-3-13-32(14-4-1)49-52-50(33-15-5-2-6-16-33)54-51(53-49)34-25-28-36(29-26-34)55-44-23-9-7-17-38(44)40-20-11-19-37(47(40)55)35-27-30-46-43(31-35)42-22-12-21-41-39-18-8-10-24-45(39)56(46)48(41)42/h1-31H. The lowest BCUT2D eigenvalue weighted by Crippen LogP contribution is -2.00. The molecule has 5 nitrogen and oxygen atoms in total. The van der Waals surface area contributed by atoms with Gasteiger partial charge in [0.2, 0.25) is 0 Å². The van der Waals surface area contributed by atoms with Gasteiger partial charge in [0.05, 0.1) is 27.6 Å². The zero-order valence-corrected chi connectivity index (χ0v) is 30.1. The molecule has 0 atom stereocenters. The van der Waals surface area contributed by atoms with Crippen LogP contribution in [-0.4, -0.2) is 23.9 Å². The average Bonchev–Trinajstić information content (AvgIpc) is 3.92. The van der Waals surface area contributed by atoms with Crippen LogP contribution in [0.4, 0.5) is 0 Å². The average molecular weight is 714 g/mol. The minimum atomic E-state index is 0.638. The van der Waals surface area contributed by atoms with Crippen molar-refractivity contribution in [2.45, 2.75) is 0 Å². The van der Waals surface area contributed by atoms with E-state index in [1.807, 2.05) is 60.7 Å². The van der Waals surface area contributed by atoms with Gasteiger partial charge >= 0.3 is 0 Å². The number of hydrogen-bond acceptors (Lipinski definition) is 3. The fourth-order valence-corrected chi connectivity index (χ4v) is 8.82. The van der Waals surface area contributed by atoms with Crippen LogP contribution in [0.3, 0.4) is 0 Å². The van der Waals surface area contributed by atoms with E-state index >= 15 is 0 Å². The van der Waals surface area contributed by atoms with Gasteiger partial charge in [0, 0.05) is 60.3 Å². The molecule has 0 saturated heterocycles. The van der Waals surface area contributed by atoms with Crippen molar-refractivity contribution < 1.29 is 0 Å². The molecule has 0 aliphatic rings. The molecule has 12 aromatic rings. The van der Waals surface area contributed by atoms with E-state index in [0.717, 1.165) is 27.9 Å². The number of rotatable bonds is 5. The summed E-state index contributed by atoms with van der Waals surface area (Å²) in [5.74, 6) is 1.94. The third kappa shape index (κ3) is 4.52. The minimum Gasteiger partial charge on any atom is -0.309 e. The number of benzene rings is 8. The molecule has 8 aromatic carbocycles. The van der Waals surface area contributed by atoms with Crippen molar-refractivity contribution in [3.05, 3.63) is 188 Å². The maximum Gasteiger partial charge on any atom is 0.164 e. The van der Waals surface area contributed by atoms with Crippen molar-refractivity contribution in [2.24, 2.45) is 0 Å². The van der Waals surface area contributed by atoms with Gasteiger partial charge in [-0.2, -0.15) is 0 Å². The Balaban J connectivity index is 1.03. The van der Waals surface area contributed by atoms with Gasteiger partial charge < -0.3 is 8.97 Å². The molecular weight excluding hydrogens is 683 g/mol. The second-order valence-corrected chi connectivity index (χ2v) is 14.4. The fraction of sp³-hybridized carbons (Fsp3) is 0. The predicted octanol–water partition coefficient (Wildman–Crippen LogP) is 12.8. The lowest BCUT2D eigenvalue weighted by atomic mass is 9.99. The molecule has 5 heteroatoms. The smallest absolute Gasteiger partial charge is 0.164 e. The van der Waals surface area contributed by atoms with E-state index < -0.39 is 0 Å². The summed E-state index contributed by atoms with van der Waals surface area (Å²) in [5, 5.41) is 7.58. The monoisotopic (exact) mass is 713 g/mol. The lowest BCUT2D eigenvalue weighted by Gasteiger charge is -2.13. The summed E-state index contributed by atoms with van der Waals surface area (Å²) in [5.41, 5.74) is 12.4. The molecule has 0 N–H and O–H groups in total. The van der Waals surface area contributed by atoms with Gasteiger partial charge in [0.15, 0.2) is 17.5 Å². The quantitative estimate of drug-likeness (QED) is 0.178. The normalized spacial score (nSPS) is 11.9. The van der Waals surface area contributed by atoms with Crippen LogP contribution >= 0.6 is 0 Å². The van der Waals surface area contributed by atoms with E-state index in [0.29, 0.717) is 17.5 Å². The number of para-hydroxylation sites is 4.